The van der Waals surface area contributed by atoms with Crippen molar-refractivity contribution in [3.63, 3.8) is 0 Å². The molecule has 3 nitrogen and oxygen atoms in total. The molecule has 3 heteroatoms. The minimum Gasteiger partial charge on any atom is -0.381 e. The van der Waals surface area contributed by atoms with Gasteiger partial charge in [0.15, 0.2) is 0 Å². The third kappa shape index (κ3) is 6.01. The number of rotatable bonds is 7. The smallest absolute Gasteiger partial charge is 0.243 e. The highest BCUT2D eigenvalue weighted by Gasteiger charge is 2.29. The third-order valence-corrected chi connectivity index (χ3v) is 3.21. The van der Waals surface area contributed by atoms with Gasteiger partial charge in [0.1, 0.15) is 0 Å². The van der Waals surface area contributed by atoms with Gasteiger partial charge in [0, 0.05) is 24.6 Å². The van der Waals surface area contributed by atoms with Gasteiger partial charge in [-0.05, 0) is 12.8 Å². The standard InChI is InChI=1S/C15H25NO2/c1-3-4-5-6-7-8-9-14(17)16-12-15(2)10-11-18-13-15/h6-9H,3-5,10-13H2,1-2H3,(H,16,17). The van der Waals surface area contributed by atoms with Crippen LogP contribution in [0.15, 0.2) is 24.3 Å². The predicted molar refractivity (Wildman–Crippen MR) is 74.4 cm³/mol. The Hall–Kier alpha value is -1.09. The van der Waals surface area contributed by atoms with E-state index in [2.05, 4.69) is 25.2 Å². The van der Waals surface area contributed by atoms with E-state index in [9.17, 15) is 4.79 Å². The van der Waals surface area contributed by atoms with Crippen LogP contribution < -0.4 is 5.32 Å². The van der Waals surface area contributed by atoms with E-state index < -0.39 is 0 Å². The van der Waals surface area contributed by atoms with Crippen LogP contribution in [0.2, 0.25) is 0 Å². The Kier molecular flexibility index (Phi) is 6.73. The first-order chi connectivity index (χ1) is 8.66. The largest absolute Gasteiger partial charge is 0.381 e. The molecule has 1 heterocycles. The van der Waals surface area contributed by atoms with Crippen molar-refractivity contribution in [3.05, 3.63) is 24.3 Å². The van der Waals surface area contributed by atoms with E-state index >= 15 is 0 Å². The molecule has 1 rings (SSSR count). The summed E-state index contributed by atoms with van der Waals surface area (Å²) in [7, 11) is 0. The van der Waals surface area contributed by atoms with Gasteiger partial charge in [-0.1, -0.05) is 44.9 Å². The molecule has 0 radical (unpaired) electrons. The number of carbonyl (C=O) groups is 1. The minimum atomic E-state index is -0.0248. The average Bonchev–Trinajstić information content (AvgIpc) is 2.79. The van der Waals surface area contributed by atoms with Crippen LogP contribution in [0.3, 0.4) is 0 Å². The summed E-state index contributed by atoms with van der Waals surface area (Å²) < 4.78 is 5.35. The lowest BCUT2D eigenvalue weighted by Crippen LogP contribution is -2.35. The van der Waals surface area contributed by atoms with Crippen molar-refractivity contribution < 1.29 is 9.53 Å². The molecule has 0 aliphatic carbocycles. The topological polar surface area (TPSA) is 38.3 Å². The van der Waals surface area contributed by atoms with Crippen LogP contribution in [-0.2, 0) is 9.53 Å². The van der Waals surface area contributed by atoms with E-state index in [-0.39, 0.29) is 11.3 Å². The summed E-state index contributed by atoms with van der Waals surface area (Å²) in [5.74, 6) is -0.0248. The highest BCUT2D eigenvalue weighted by atomic mass is 16.5. The molecule has 102 valence electrons. The molecule has 1 atom stereocenters. The number of hydrogen-bond acceptors (Lipinski definition) is 2. The fourth-order valence-corrected chi connectivity index (χ4v) is 1.85. The van der Waals surface area contributed by atoms with Crippen molar-refractivity contribution >= 4 is 5.91 Å². The van der Waals surface area contributed by atoms with Gasteiger partial charge in [0.25, 0.3) is 0 Å². The van der Waals surface area contributed by atoms with Crippen LogP contribution in [0, 0.1) is 5.41 Å². The number of nitrogens with one attached hydrogen (secondary N) is 1. The van der Waals surface area contributed by atoms with E-state index in [4.69, 9.17) is 4.74 Å². The summed E-state index contributed by atoms with van der Waals surface area (Å²) >= 11 is 0. The molecular formula is C15H25NO2. The first-order valence-corrected chi connectivity index (χ1v) is 6.85. The fraction of sp³-hybridized carbons (Fsp3) is 0.667. The van der Waals surface area contributed by atoms with Gasteiger partial charge in [0.05, 0.1) is 6.61 Å². The number of allylic oxidation sites excluding steroid dienone is 3. The van der Waals surface area contributed by atoms with Crippen molar-refractivity contribution in [3.8, 4) is 0 Å². The van der Waals surface area contributed by atoms with E-state index in [0.29, 0.717) is 6.54 Å². The fourth-order valence-electron chi connectivity index (χ4n) is 1.85. The lowest BCUT2D eigenvalue weighted by Gasteiger charge is -2.21. The number of hydrogen-bond donors (Lipinski definition) is 1. The zero-order valence-electron chi connectivity index (χ0n) is 11.6. The normalized spacial score (nSPS) is 24.1. The number of carbonyl (C=O) groups excluding carboxylic acids is 1. The molecule has 1 aliphatic heterocycles. The predicted octanol–water partition coefficient (Wildman–Crippen LogP) is 2.83. The molecule has 0 saturated carbocycles. The van der Waals surface area contributed by atoms with Crippen molar-refractivity contribution in [2.75, 3.05) is 19.8 Å². The molecule has 1 amide bonds. The maximum absolute atomic E-state index is 11.6. The van der Waals surface area contributed by atoms with Gasteiger partial charge < -0.3 is 10.1 Å². The zero-order valence-corrected chi connectivity index (χ0v) is 11.6. The maximum atomic E-state index is 11.6. The quantitative estimate of drug-likeness (QED) is 0.429. The lowest BCUT2D eigenvalue weighted by molar-refractivity contribution is -0.116. The Bertz CT molecular complexity index is 302. The Morgan fingerprint density at radius 2 is 2.28 bits per heavy atom. The number of unbranched alkanes of at least 4 members (excludes halogenated alkanes) is 2. The molecule has 1 unspecified atom stereocenters. The Labute approximate surface area is 110 Å². The highest BCUT2D eigenvalue weighted by molar-refractivity contribution is 5.87. The van der Waals surface area contributed by atoms with Gasteiger partial charge >= 0.3 is 0 Å². The Morgan fingerprint density at radius 1 is 1.44 bits per heavy atom. The van der Waals surface area contributed by atoms with Crippen LogP contribution in [0.5, 0.6) is 0 Å². The summed E-state index contributed by atoms with van der Waals surface area (Å²) in [6.45, 7) is 6.56. The van der Waals surface area contributed by atoms with Crippen molar-refractivity contribution in [2.45, 2.75) is 39.5 Å². The SMILES string of the molecule is CCCCC=CC=CC(=O)NCC1(C)CCOC1. The van der Waals surface area contributed by atoms with Crippen LogP contribution in [0.1, 0.15) is 39.5 Å². The summed E-state index contributed by atoms with van der Waals surface area (Å²) in [5.41, 5.74) is 0.112. The van der Waals surface area contributed by atoms with Gasteiger partial charge in [-0.3, -0.25) is 4.79 Å². The molecule has 0 bridgehead atoms. The van der Waals surface area contributed by atoms with E-state index in [1.807, 2.05) is 6.08 Å². The summed E-state index contributed by atoms with van der Waals surface area (Å²) in [5, 5.41) is 2.93. The molecule has 1 N–H and O–H groups in total. The first-order valence-electron chi connectivity index (χ1n) is 6.85. The molecular weight excluding hydrogens is 226 g/mol. The summed E-state index contributed by atoms with van der Waals surface area (Å²) in [6.07, 6.45) is 11.9. The zero-order chi connectivity index (χ0) is 13.3. The maximum Gasteiger partial charge on any atom is 0.243 e. The van der Waals surface area contributed by atoms with E-state index in [1.165, 1.54) is 12.8 Å². The summed E-state index contributed by atoms with van der Waals surface area (Å²) in [4.78, 5) is 11.6. The highest BCUT2D eigenvalue weighted by Crippen LogP contribution is 2.26. The van der Waals surface area contributed by atoms with Crippen LogP contribution in [-0.4, -0.2) is 25.7 Å². The second-order valence-corrected chi connectivity index (χ2v) is 5.26. The van der Waals surface area contributed by atoms with Crippen LogP contribution in [0.4, 0.5) is 0 Å². The molecule has 1 saturated heterocycles. The molecule has 1 fully saturated rings. The van der Waals surface area contributed by atoms with E-state index in [0.717, 1.165) is 26.1 Å². The first kappa shape index (κ1) is 15.0. The van der Waals surface area contributed by atoms with Gasteiger partial charge in [0.2, 0.25) is 5.91 Å². The molecule has 0 spiro atoms. The Balaban J connectivity index is 2.16. The molecule has 0 aromatic rings. The summed E-state index contributed by atoms with van der Waals surface area (Å²) in [6, 6.07) is 0. The van der Waals surface area contributed by atoms with Crippen molar-refractivity contribution in [2.24, 2.45) is 5.41 Å². The monoisotopic (exact) mass is 251 g/mol. The molecule has 1 aliphatic rings. The van der Waals surface area contributed by atoms with Crippen molar-refractivity contribution in [1.82, 2.24) is 5.32 Å². The molecule has 18 heavy (non-hydrogen) atoms. The van der Waals surface area contributed by atoms with Gasteiger partial charge in [-0.25, -0.2) is 0 Å². The number of ether oxygens (including phenoxy) is 1. The van der Waals surface area contributed by atoms with E-state index in [1.54, 1.807) is 12.2 Å². The minimum absolute atomic E-state index is 0.0248. The second kappa shape index (κ2) is 8.09. The Morgan fingerprint density at radius 3 is 2.94 bits per heavy atom. The lowest BCUT2D eigenvalue weighted by atomic mass is 9.90. The van der Waals surface area contributed by atoms with Crippen molar-refractivity contribution in [1.29, 1.82) is 0 Å². The molecule has 0 aromatic heterocycles. The number of amides is 1. The average molecular weight is 251 g/mol. The van der Waals surface area contributed by atoms with Crippen LogP contribution in [0.25, 0.3) is 0 Å². The third-order valence-electron chi connectivity index (χ3n) is 3.21. The van der Waals surface area contributed by atoms with Gasteiger partial charge in [-0.15, -0.1) is 0 Å². The molecule has 0 aromatic carbocycles. The van der Waals surface area contributed by atoms with Gasteiger partial charge in [-0.2, -0.15) is 0 Å². The van der Waals surface area contributed by atoms with Crippen LogP contribution >= 0.6 is 0 Å². The second-order valence-electron chi connectivity index (χ2n) is 5.26.